The lowest BCUT2D eigenvalue weighted by Gasteiger charge is -1.95. The van der Waals surface area contributed by atoms with Crippen LogP contribution in [0.5, 0.6) is 0 Å². The van der Waals surface area contributed by atoms with E-state index in [1.807, 2.05) is 0 Å². The Labute approximate surface area is 101 Å². The molecule has 2 rings (SSSR count). The van der Waals surface area contributed by atoms with Crippen LogP contribution in [0, 0.1) is 4.77 Å². The molecule has 2 aromatic rings. The molecule has 0 fully saturated rings. The first kappa shape index (κ1) is 11.2. The maximum atomic E-state index is 10.6. The van der Waals surface area contributed by atoms with E-state index in [-0.39, 0.29) is 5.56 Å². The SMILES string of the molecule is O=C(O)c1ccc(C=Nn2cn[nH]c2=S)cc1. The fourth-order valence-electron chi connectivity index (χ4n) is 1.17. The van der Waals surface area contributed by atoms with Crippen LogP contribution in [0.1, 0.15) is 15.9 Å². The number of carbonyl (C=O) groups is 1. The zero-order valence-corrected chi connectivity index (χ0v) is 9.39. The van der Waals surface area contributed by atoms with E-state index >= 15 is 0 Å². The summed E-state index contributed by atoms with van der Waals surface area (Å²) in [4.78, 5) is 10.6. The molecule has 0 aliphatic rings. The van der Waals surface area contributed by atoms with Crippen molar-refractivity contribution >= 4 is 24.4 Å². The third kappa shape index (κ3) is 2.64. The summed E-state index contributed by atoms with van der Waals surface area (Å²) in [6.45, 7) is 0. The molecule has 0 saturated heterocycles. The van der Waals surface area contributed by atoms with Crippen molar-refractivity contribution in [2.75, 3.05) is 0 Å². The van der Waals surface area contributed by atoms with E-state index in [0.717, 1.165) is 5.56 Å². The smallest absolute Gasteiger partial charge is 0.335 e. The molecule has 1 aromatic heterocycles. The van der Waals surface area contributed by atoms with Crippen LogP contribution in [0.4, 0.5) is 0 Å². The van der Waals surface area contributed by atoms with Gasteiger partial charge in [-0.3, -0.25) is 5.10 Å². The molecule has 2 N–H and O–H groups in total. The standard InChI is InChI=1S/C10H8N4O2S/c15-9(16)8-3-1-7(2-4-8)5-12-14-6-11-13-10(14)17/h1-6H,(H,13,17)(H,15,16). The van der Waals surface area contributed by atoms with Gasteiger partial charge in [-0.2, -0.15) is 14.9 Å². The molecule has 0 aliphatic heterocycles. The number of nitrogens with one attached hydrogen (secondary N) is 1. The summed E-state index contributed by atoms with van der Waals surface area (Å²) >= 11 is 4.91. The number of carboxylic acid groups (broad SMARTS) is 1. The van der Waals surface area contributed by atoms with Crippen LogP contribution in [0.2, 0.25) is 0 Å². The van der Waals surface area contributed by atoms with Crippen molar-refractivity contribution in [2.45, 2.75) is 0 Å². The van der Waals surface area contributed by atoms with Crippen molar-refractivity contribution in [1.82, 2.24) is 14.9 Å². The third-order valence-corrected chi connectivity index (χ3v) is 2.30. The molecule has 1 aromatic carbocycles. The summed E-state index contributed by atoms with van der Waals surface area (Å²) in [7, 11) is 0. The van der Waals surface area contributed by atoms with Crippen LogP contribution in [-0.2, 0) is 0 Å². The van der Waals surface area contributed by atoms with Crippen LogP contribution in [0.25, 0.3) is 0 Å². The minimum Gasteiger partial charge on any atom is -0.478 e. The Morgan fingerprint density at radius 3 is 2.71 bits per heavy atom. The second-order valence-electron chi connectivity index (χ2n) is 3.18. The van der Waals surface area contributed by atoms with Crippen molar-refractivity contribution in [2.24, 2.45) is 5.10 Å². The Bertz CT molecular complexity index is 612. The van der Waals surface area contributed by atoms with Crippen LogP contribution in [-0.4, -0.2) is 32.2 Å². The fourth-order valence-corrected chi connectivity index (χ4v) is 1.31. The summed E-state index contributed by atoms with van der Waals surface area (Å²) in [6.07, 6.45) is 3.02. The van der Waals surface area contributed by atoms with Gasteiger partial charge in [0, 0.05) is 0 Å². The lowest BCUT2D eigenvalue weighted by Crippen LogP contribution is -1.96. The summed E-state index contributed by atoms with van der Waals surface area (Å²) in [5, 5.41) is 19.1. The maximum absolute atomic E-state index is 10.6. The van der Waals surface area contributed by atoms with Gasteiger partial charge in [-0.1, -0.05) is 12.1 Å². The van der Waals surface area contributed by atoms with Gasteiger partial charge in [0.15, 0.2) is 0 Å². The predicted octanol–water partition coefficient (Wildman–Crippen LogP) is 1.52. The molecule has 86 valence electrons. The molecule has 0 saturated carbocycles. The number of aromatic amines is 1. The highest BCUT2D eigenvalue weighted by atomic mass is 32.1. The molecule has 0 atom stereocenters. The number of nitrogens with zero attached hydrogens (tertiary/aromatic N) is 3. The highest BCUT2D eigenvalue weighted by Gasteiger charge is 2.00. The molecular weight excluding hydrogens is 240 g/mol. The first-order chi connectivity index (χ1) is 8.16. The van der Waals surface area contributed by atoms with Crippen molar-refractivity contribution in [1.29, 1.82) is 0 Å². The van der Waals surface area contributed by atoms with E-state index in [4.69, 9.17) is 17.3 Å². The number of hydrogen-bond acceptors (Lipinski definition) is 4. The second kappa shape index (κ2) is 4.71. The number of carboxylic acids is 1. The maximum Gasteiger partial charge on any atom is 0.335 e. The first-order valence-electron chi connectivity index (χ1n) is 4.66. The number of aromatic nitrogens is 3. The van der Waals surface area contributed by atoms with Crippen LogP contribution < -0.4 is 0 Å². The molecule has 0 amide bonds. The van der Waals surface area contributed by atoms with E-state index < -0.39 is 5.97 Å². The van der Waals surface area contributed by atoms with E-state index in [2.05, 4.69) is 15.3 Å². The number of benzene rings is 1. The second-order valence-corrected chi connectivity index (χ2v) is 3.56. The van der Waals surface area contributed by atoms with Gasteiger partial charge in [0.2, 0.25) is 4.77 Å². The molecule has 7 heteroatoms. The Balaban J connectivity index is 2.20. The van der Waals surface area contributed by atoms with Gasteiger partial charge in [0.05, 0.1) is 11.8 Å². The number of H-pyrrole nitrogens is 1. The average molecular weight is 248 g/mol. The topological polar surface area (TPSA) is 83.3 Å². The Kier molecular flexibility index (Phi) is 3.10. The third-order valence-electron chi connectivity index (χ3n) is 2.02. The van der Waals surface area contributed by atoms with Crippen LogP contribution in [0.15, 0.2) is 35.7 Å². The van der Waals surface area contributed by atoms with Crippen molar-refractivity contribution < 1.29 is 9.90 Å². The van der Waals surface area contributed by atoms with Gasteiger partial charge in [0.25, 0.3) is 0 Å². The highest BCUT2D eigenvalue weighted by molar-refractivity contribution is 7.71. The van der Waals surface area contributed by atoms with E-state index in [1.54, 1.807) is 18.3 Å². The van der Waals surface area contributed by atoms with Crippen LogP contribution in [0.3, 0.4) is 0 Å². The molecule has 17 heavy (non-hydrogen) atoms. The Morgan fingerprint density at radius 1 is 1.47 bits per heavy atom. The van der Waals surface area contributed by atoms with Crippen LogP contribution >= 0.6 is 12.2 Å². The zero-order chi connectivity index (χ0) is 12.3. The van der Waals surface area contributed by atoms with Gasteiger partial charge in [-0.05, 0) is 29.9 Å². The first-order valence-corrected chi connectivity index (χ1v) is 5.07. The monoisotopic (exact) mass is 248 g/mol. The molecule has 0 spiro atoms. The Hall–Kier alpha value is -2.28. The summed E-state index contributed by atoms with van der Waals surface area (Å²) in [6, 6.07) is 6.35. The minimum atomic E-state index is -0.953. The van der Waals surface area contributed by atoms with Crippen molar-refractivity contribution in [3.05, 3.63) is 46.5 Å². The highest BCUT2D eigenvalue weighted by Crippen LogP contribution is 2.02. The minimum absolute atomic E-state index is 0.238. The number of hydrogen-bond donors (Lipinski definition) is 2. The average Bonchev–Trinajstić information content (AvgIpc) is 2.73. The number of aromatic carboxylic acids is 1. The van der Waals surface area contributed by atoms with E-state index in [9.17, 15) is 4.79 Å². The fraction of sp³-hybridized carbons (Fsp3) is 0. The molecule has 1 heterocycles. The quantitative estimate of drug-likeness (QED) is 0.637. The summed E-state index contributed by atoms with van der Waals surface area (Å²) in [5.41, 5.74) is 1.01. The van der Waals surface area contributed by atoms with Gasteiger partial charge in [-0.15, -0.1) is 0 Å². The van der Waals surface area contributed by atoms with Gasteiger partial charge < -0.3 is 5.11 Å². The Morgan fingerprint density at radius 2 is 2.18 bits per heavy atom. The van der Waals surface area contributed by atoms with Gasteiger partial charge in [0.1, 0.15) is 6.33 Å². The van der Waals surface area contributed by atoms with E-state index in [1.165, 1.54) is 23.1 Å². The summed E-state index contributed by atoms with van der Waals surface area (Å²) < 4.78 is 1.80. The molecule has 0 bridgehead atoms. The van der Waals surface area contributed by atoms with Gasteiger partial charge >= 0.3 is 5.97 Å². The lowest BCUT2D eigenvalue weighted by molar-refractivity contribution is 0.0697. The van der Waals surface area contributed by atoms with Crippen molar-refractivity contribution in [3.8, 4) is 0 Å². The molecule has 0 aliphatic carbocycles. The lowest BCUT2D eigenvalue weighted by atomic mass is 10.1. The van der Waals surface area contributed by atoms with Gasteiger partial charge in [-0.25, -0.2) is 4.79 Å². The predicted molar refractivity (Wildman–Crippen MR) is 63.8 cm³/mol. The number of rotatable bonds is 3. The largest absolute Gasteiger partial charge is 0.478 e. The molecule has 0 radical (unpaired) electrons. The van der Waals surface area contributed by atoms with E-state index in [0.29, 0.717) is 4.77 Å². The molecule has 6 nitrogen and oxygen atoms in total. The zero-order valence-electron chi connectivity index (χ0n) is 8.57. The summed E-state index contributed by atoms with van der Waals surface area (Å²) in [5.74, 6) is -0.953. The van der Waals surface area contributed by atoms with Crippen molar-refractivity contribution in [3.63, 3.8) is 0 Å². The molecular formula is C10H8N4O2S. The normalized spacial score (nSPS) is 10.8. The molecule has 0 unspecified atom stereocenters.